The number of nitrogens with one attached hydrogen (secondary N) is 1. The van der Waals surface area contributed by atoms with Crippen LogP contribution in [-0.4, -0.2) is 28.8 Å². The Kier molecular flexibility index (Phi) is 3.73. The van der Waals surface area contributed by atoms with Crippen molar-refractivity contribution in [3.63, 3.8) is 0 Å². The quantitative estimate of drug-likeness (QED) is 0.706. The maximum atomic E-state index is 10.6. The highest BCUT2D eigenvalue weighted by Gasteiger charge is 2.14. The van der Waals surface area contributed by atoms with Crippen LogP contribution in [0.25, 0.3) is 0 Å². The van der Waals surface area contributed by atoms with E-state index >= 15 is 0 Å². The fourth-order valence-electron chi connectivity index (χ4n) is 0.933. The van der Waals surface area contributed by atoms with Crippen molar-refractivity contribution < 1.29 is 15.0 Å². The van der Waals surface area contributed by atoms with E-state index in [1.807, 2.05) is 0 Å². The second-order valence-corrected chi connectivity index (χ2v) is 3.16. The first-order valence-electron chi connectivity index (χ1n) is 3.99. The van der Waals surface area contributed by atoms with Gasteiger partial charge in [0.25, 0.3) is 0 Å². The largest absolute Gasteiger partial charge is 0.480 e. The third-order valence-corrected chi connectivity index (χ3v) is 1.92. The second kappa shape index (κ2) is 4.83. The molecule has 1 rings (SSSR count). The zero-order valence-electron chi connectivity index (χ0n) is 7.27. The molecule has 1 aromatic rings. The van der Waals surface area contributed by atoms with E-state index in [-0.39, 0.29) is 0 Å². The Hall–Kier alpha value is -1.26. The average molecular weight is 216 g/mol. The summed E-state index contributed by atoms with van der Waals surface area (Å²) in [6, 6.07) is 5.58. The lowest BCUT2D eigenvalue weighted by Crippen LogP contribution is -2.32. The Labute approximate surface area is 86.1 Å². The van der Waals surface area contributed by atoms with Crippen molar-refractivity contribution in [3.8, 4) is 0 Å². The molecule has 1 unspecified atom stereocenters. The molecule has 14 heavy (non-hydrogen) atoms. The normalized spacial score (nSPS) is 12.1. The molecule has 0 radical (unpaired) electrons. The van der Waals surface area contributed by atoms with Gasteiger partial charge in [-0.1, -0.05) is 11.6 Å². The minimum Gasteiger partial charge on any atom is -0.480 e. The number of carboxylic acids is 1. The maximum Gasteiger partial charge on any atom is 0.328 e. The number of hydrogen-bond acceptors (Lipinski definition) is 3. The van der Waals surface area contributed by atoms with Crippen molar-refractivity contribution in [2.24, 2.45) is 0 Å². The summed E-state index contributed by atoms with van der Waals surface area (Å²) >= 11 is 5.65. The van der Waals surface area contributed by atoms with E-state index in [1.54, 1.807) is 24.3 Å². The molecule has 4 nitrogen and oxygen atoms in total. The Morgan fingerprint density at radius 3 is 2.43 bits per heavy atom. The van der Waals surface area contributed by atoms with Crippen molar-refractivity contribution >= 4 is 23.3 Å². The second-order valence-electron chi connectivity index (χ2n) is 2.72. The standard InChI is InChI=1S/C9H10ClNO3/c10-6-1-3-7(4-2-6)11-8(5-12)9(13)14/h1-4,8,11-12H,5H2,(H,13,14). The highest BCUT2D eigenvalue weighted by molar-refractivity contribution is 6.30. The van der Waals surface area contributed by atoms with Crippen molar-refractivity contribution in [3.05, 3.63) is 29.3 Å². The van der Waals surface area contributed by atoms with Gasteiger partial charge in [0.15, 0.2) is 0 Å². The zero-order chi connectivity index (χ0) is 10.6. The molecule has 0 aliphatic rings. The minimum atomic E-state index is -1.09. The van der Waals surface area contributed by atoms with Gasteiger partial charge < -0.3 is 15.5 Å². The molecular formula is C9H10ClNO3. The van der Waals surface area contributed by atoms with Crippen LogP contribution < -0.4 is 5.32 Å². The molecule has 5 heteroatoms. The van der Waals surface area contributed by atoms with Crippen LogP contribution in [0, 0.1) is 0 Å². The molecule has 0 heterocycles. The lowest BCUT2D eigenvalue weighted by molar-refractivity contribution is -0.138. The third-order valence-electron chi connectivity index (χ3n) is 1.67. The smallest absolute Gasteiger partial charge is 0.328 e. The molecule has 0 spiro atoms. The van der Waals surface area contributed by atoms with Crippen LogP contribution in [-0.2, 0) is 4.79 Å². The van der Waals surface area contributed by atoms with Gasteiger partial charge in [-0.25, -0.2) is 4.79 Å². The monoisotopic (exact) mass is 215 g/mol. The predicted octanol–water partition coefficient (Wildman–Crippen LogP) is 1.20. The zero-order valence-corrected chi connectivity index (χ0v) is 8.03. The van der Waals surface area contributed by atoms with Gasteiger partial charge in [-0.3, -0.25) is 0 Å². The van der Waals surface area contributed by atoms with Gasteiger partial charge in [-0.05, 0) is 24.3 Å². The summed E-state index contributed by atoms with van der Waals surface area (Å²) in [5.41, 5.74) is 0.607. The van der Waals surface area contributed by atoms with E-state index in [4.69, 9.17) is 21.8 Å². The van der Waals surface area contributed by atoms with Crippen LogP contribution in [0.15, 0.2) is 24.3 Å². The molecule has 0 aliphatic heterocycles. The first-order valence-corrected chi connectivity index (χ1v) is 4.37. The number of anilines is 1. The molecule has 3 N–H and O–H groups in total. The van der Waals surface area contributed by atoms with Gasteiger partial charge in [0, 0.05) is 10.7 Å². The van der Waals surface area contributed by atoms with Gasteiger partial charge in [-0.2, -0.15) is 0 Å². The van der Waals surface area contributed by atoms with Crippen LogP contribution in [0.1, 0.15) is 0 Å². The Bertz CT molecular complexity index is 312. The Morgan fingerprint density at radius 1 is 1.43 bits per heavy atom. The molecule has 0 saturated carbocycles. The number of benzene rings is 1. The van der Waals surface area contributed by atoms with Crippen molar-refractivity contribution in [1.29, 1.82) is 0 Å². The van der Waals surface area contributed by atoms with E-state index < -0.39 is 18.6 Å². The van der Waals surface area contributed by atoms with Gasteiger partial charge in [0.1, 0.15) is 6.04 Å². The summed E-state index contributed by atoms with van der Waals surface area (Å²) in [4.78, 5) is 10.6. The highest BCUT2D eigenvalue weighted by Crippen LogP contribution is 2.14. The minimum absolute atomic E-state index is 0.460. The van der Waals surface area contributed by atoms with Crippen LogP contribution in [0.2, 0.25) is 5.02 Å². The number of aliphatic hydroxyl groups excluding tert-OH is 1. The van der Waals surface area contributed by atoms with Crippen LogP contribution in [0.4, 0.5) is 5.69 Å². The SMILES string of the molecule is O=C(O)C(CO)Nc1ccc(Cl)cc1. The average Bonchev–Trinajstić information content (AvgIpc) is 2.16. The van der Waals surface area contributed by atoms with Crippen molar-refractivity contribution in [1.82, 2.24) is 0 Å². The summed E-state index contributed by atoms with van der Waals surface area (Å²) < 4.78 is 0. The molecule has 1 aromatic carbocycles. The van der Waals surface area contributed by atoms with E-state index in [0.717, 1.165) is 0 Å². The molecule has 0 bridgehead atoms. The molecule has 0 aliphatic carbocycles. The molecule has 1 atom stereocenters. The molecule has 0 aromatic heterocycles. The van der Waals surface area contributed by atoms with Crippen molar-refractivity contribution in [2.75, 3.05) is 11.9 Å². The van der Waals surface area contributed by atoms with Crippen LogP contribution >= 0.6 is 11.6 Å². The molecule has 76 valence electrons. The van der Waals surface area contributed by atoms with Gasteiger partial charge in [0.2, 0.25) is 0 Å². The van der Waals surface area contributed by atoms with Gasteiger partial charge in [0.05, 0.1) is 6.61 Å². The van der Waals surface area contributed by atoms with Gasteiger partial charge >= 0.3 is 5.97 Å². The van der Waals surface area contributed by atoms with Gasteiger partial charge in [-0.15, -0.1) is 0 Å². The van der Waals surface area contributed by atoms with Crippen molar-refractivity contribution in [2.45, 2.75) is 6.04 Å². The fourth-order valence-corrected chi connectivity index (χ4v) is 1.06. The number of rotatable bonds is 4. The Balaban J connectivity index is 2.67. The Morgan fingerprint density at radius 2 is 2.00 bits per heavy atom. The predicted molar refractivity (Wildman–Crippen MR) is 53.6 cm³/mol. The fraction of sp³-hybridized carbons (Fsp3) is 0.222. The first kappa shape index (κ1) is 10.8. The van der Waals surface area contributed by atoms with Crippen LogP contribution in [0.3, 0.4) is 0 Å². The first-order chi connectivity index (χ1) is 6.63. The number of carboxylic acid groups (broad SMARTS) is 1. The number of halogens is 1. The van der Waals surface area contributed by atoms with E-state index in [9.17, 15) is 4.79 Å². The lowest BCUT2D eigenvalue weighted by Gasteiger charge is -2.12. The van der Waals surface area contributed by atoms with E-state index in [2.05, 4.69) is 5.32 Å². The summed E-state index contributed by atoms with van der Waals surface area (Å²) in [6.07, 6.45) is 0. The third kappa shape index (κ3) is 2.90. The molecule has 0 saturated heterocycles. The maximum absolute atomic E-state index is 10.6. The number of aliphatic hydroxyl groups is 1. The molecule has 0 fully saturated rings. The van der Waals surface area contributed by atoms with E-state index in [0.29, 0.717) is 10.7 Å². The molecule has 0 amide bonds. The molecular weight excluding hydrogens is 206 g/mol. The number of hydrogen-bond donors (Lipinski definition) is 3. The lowest BCUT2D eigenvalue weighted by atomic mass is 10.2. The summed E-state index contributed by atoms with van der Waals surface area (Å²) in [7, 11) is 0. The summed E-state index contributed by atoms with van der Waals surface area (Å²) in [5.74, 6) is -1.09. The van der Waals surface area contributed by atoms with E-state index in [1.165, 1.54) is 0 Å². The topological polar surface area (TPSA) is 69.6 Å². The highest BCUT2D eigenvalue weighted by atomic mass is 35.5. The number of aliphatic carboxylic acids is 1. The van der Waals surface area contributed by atoms with Crippen LogP contribution in [0.5, 0.6) is 0 Å². The summed E-state index contributed by atoms with van der Waals surface area (Å²) in [6.45, 7) is -0.460. The summed E-state index contributed by atoms with van der Waals surface area (Å²) in [5, 5.41) is 20.6. The number of carbonyl (C=O) groups is 1.